The number of hydrogen-bond acceptors (Lipinski definition) is 4. The highest BCUT2D eigenvalue weighted by Gasteiger charge is 2.23. The molecule has 1 heterocycles. The van der Waals surface area contributed by atoms with E-state index in [1.807, 2.05) is 20.8 Å². The Balaban J connectivity index is 2.29. The number of carbonyl (C=O) groups excluding carboxylic acids is 1. The molecule has 0 aromatic heterocycles. The van der Waals surface area contributed by atoms with Crippen LogP contribution in [0.4, 0.5) is 4.79 Å². The average molecular weight is 313 g/mol. The number of ether oxygens (including phenoxy) is 1. The molecule has 0 aromatic carbocycles. The molecule has 0 bridgehead atoms. The molecule has 1 aliphatic rings. The molecule has 130 valence electrons. The molecule has 5 nitrogen and oxygen atoms in total. The largest absolute Gasteiger partial charge is 0.444 e. The highest BCUT2D eigenvalue weighted by Crippen LogP contribution is 2.14. The Hall–Kier alpha value is -0.810. The fourth-order valence-electron chi connectivity index (χ4n) is 2.76. The normalized spacial score (nSPS) is 19.2. The van der Waals surface area contributed by atoms with E-state index in [9.17, 15) is 4.79 Å². The van der Waals surface area contributed by atoms with Crippen LogP contribution in [0.25, 0.3) is 0 Å². The molecule has 1 fully saturated rings. The van der Waals surface area contributed by atoms with Crippen molar-refractivity contribution < 1.29 is 9.53 Å². The third-order valence-corrected chi connectivity index (χ3v) is 4.12. The molecule has 1 saturated heterocycles. The molecule has 1 unspecified atom stereocenters. The maximum Gasteiger partial charge on any atom is 0.407 e. The first-order valence-electron chi connectivity index (χ1n) is 8.68. The number of amides is 1. The topological polar surface area (TPSA) is 53.6 Å². The van der Waals surface area contributed by atoms with Crippen LogP contribution in [0.5, 0.6) is 0 Å². The van der Waals surface area contributed by atoms with Crippen molar-refractivity contribution >= 4 is 6.09 Å². The summed E-state index contributed by atoms with van der Waals surface area (Å²) in [4.78, 5) is 14.2. The van der Waals surface area contributed by atoms with Gasteiger partial charge in [0.05, 0.1) is 0 Å². The maximum atomic E-state index is 11.7. The number of alkyl carbamates (subject to hydrolysis) is 1. The SMILES string of the molecule is CCC(CNC(=O)OC(C)(C)C)NC1CCN(C(C)C)CC1. The van der Waals surface area contributed by atoms with Crippen LogP contribution in [0, 0.1) is 0 Å². The van der Waals surface area contributed by atoms with E-state index in [1.54, 1.807) is 0 Å². The van der Waals surface area contributed by atoms with E-state index in [-0.39, 0.29) is 6.09 Å². The number of nitrogens with zero attached hydrogens (tertiary/aromatic N) is 1. The summed E-state index contributed by atoms with van der Waals surface area (Å²) in [7, 11) is 0. The summed E-state index contributed by atoms with van der Waals surface area (Å²) in [5, 5.41) is 6.56. The van der Waals surface area contributed by atoms with E-state index in [0.717, 1.165) is 19.5 Å². The summed E-state index contributed by atoms with van der Waals surface area (Å²) >= 11 is 0. The van der Waals surface area contributed by atoms with Gasteiger partial charge in [-0.2, -0.15) is 0 Å². The first-order valence-corrected chi connectivity index (χ1v) is 8.68. The van der Waals surface area contributed by atoms with E-state index in [2.05, 4.69) is 36.3 Å². The third-order valence-electron chi connectivity index (χ3n) is 4.12. The van der Waals surface area contributed by atoms with Crippen molar-refractivity contribution in [2.45, 2.75) is 84.5 Å². The molecule has 22 heavy (non-hydrogen) atoms. The van der Waals surface area contributed by atoms with Crippen LogP contribution in [0.3, 0.4) is 0 Å². The third kappa shape index (κ3) is 7.45. The van der Waals surface area contributed by atoms with Gasteiger partial charge in [0.1, 0.15) is 5.60 Å². The smallest absolute Gasteiger partial charge is 0.407 e. The van der Waals surface area contributed by atoms with Crippen LogP contribution in [0.2, 0.25) is 0 Å². The first-order chi connectivity index (χ1) is 10.2. The fourth-order valence-corrected chi connectivity index (χ4v) is 2.76. The van der Waals surface area contributed by atoms with Crippen molar-refractivity contribution in [3.8, 4) is 0 Å². The zero-order chi connectivity index (χ0) is 16.8. The second-order valence-corrected chi connectivity index (χ2v) is 7.56. The molecule has 0 radical (unpaired) electrons. The molecule has 5 heteroatoms. The van der Waals surface area contributed by atoms with Crippen molar-refractivity contribution in [3.63, 3.8) is 0 Å². The number of rotatable bonds is 6. The Bertz CT molecular complexity index is 331. The van der Waals surface area contributed by atoms with E-state index < -0.39 is 5.60 Å². The van der Waals surface area contributed by atoms with E-state index in [4.69, 9.17) is 4.74 Å². The highest BCUT2D eigenvalue weighted by atomic mass is 16.6. The number of carbonyl (C=O) groups is 1. The fraction of sp³-hybridized carbons (Fsp3) is 0.941. The standard InChI is InChI=1S/C17H35N3O2/c1-7-14(12-18-16(21)22-17(4,5)6)19-15-8-10-20(11-9-15)13(2)3/h13-15,19H,7-12H2,1-6H3,(H,18,21). The van der Waals surface area contributed by atoms with Gasteiger partial charge in [-0.15, -0.1) is 0 Å². The van der Waals surface area contributed by atoms with E-state index >= 15 is 0 Å². The van der Waals surface area contributed by atoms with Gasteiger partial charge in [0.15, 0.2) is 0 Å². The predicted molar refractivity (Wildman–Crippen MR) is 91.2 cm³/mol. The summed E-state index contributed by atoms with van der Waals surface area (Å²) in [5.74, 6) is 0. The lowest BCUT2D eigenvalue weighted by atomic mass is 10.0. The van der Waals surface area contributed by atoms with Gasteiger partial charge in [0.2, 0.25) is 0 Å². The lowest BCUT2D eigenvalue weighted by Gasteiger charge is -2.36. The molecule has 1 rings (SSSR count). The Morgan fingerprint density at radius 1 is 1.27 bits per heavy atom. The van der Waals surface area contributed by atoms with Crippen molar-refractivity contribution in [3.05, 3.63) is 0 Å². The number of nitrogens with one attached hydrogen (secondary N) is 2. The average Bonchev–Trinajstić information content (AvgIpc) is 2.42. The van der Waals surface area contributed by atoms with Crippen LogP contribution in [-0.4, -0.2) is 54.4 Å². The molecule has 0 spiro atoms. The monoisotopic (exact) mass is 313 g/mol. The number of likely N-dealkylation sites (tertiary alicyclic amines) is 1. The van der Waals surface area contributed by atoms with Crippen LogP contribution in [-0.2, 0) is 4.74 Å². The Morgan fingerprint density at radius 2 is 1.86 bits per heavy atom. The molecular weight excluding hydrogens is 278 g/mol. The second-order valence-electron chi connectivity index (χ2n) is 7.56. The van der Waals surface area contributed by atoms with Crippen LogP contribution >= 0.6 is 0 Å². The molecule has 1 atom stereocenters. The number of hydrogen-bond donors (Lipinski definition) is 2. The molecule has 1 amide bonds. The van der Waals surface area contributed by atoms with Crippen molar-refractivity contribution in [2.75, 3.05) is 19.6 Å². The van der Waals surface area contributed by atoms with E-state index in [1.165, 1.54) is 12.8 Å². The zero-order valence-electron chi connectivity index (χ0n) is 15.2. The maximum absolute atomic E-state index is 11.7. The Morgan fingerprint density at radius 3 is 2.32 bits per heavy atom. The minimum atomic E-state index is -0.442. The molecule has 1 aliphatic heterocycles. The van der Waals surface area contributed by atoms with Crippen LogP contribution < -0.4 is 10.6 Å². The van der Waals surface area contributed by atoms with Crippen molar-refractivity contribution in [1.82, 2.24) is 15.5 Å². The summed E-state index contributed by atoms with van der Waals surface area (Å²) in [6.45, 7) is 15.2. The van der Waals surface area contributed by atoms with Crippen LogP contribution in [0.1, 0.15) is 60.8 Å². The van der Waals surface area contributed by atoms with E-state index in [0.29, 0.717) is 24.7 Å². The Kier molecular flexibility index (Phi) is 7.63. The van der Waals surface area contributed by atoms with Gasteiger partial charge in [-0.05, 0) is 67.0 Å². The second kappa shape index (κ2) is 8.73. The zero-order valence-corrected chi connectivity index (χ0v) is 15.2. The highest BCUT2D eigenvalue weighted by molar-refractivity contribution is 5.67. The minimum absolute atomic E-state index is 0.308. The van der Waals surface area contributed by atoms with Gasteiger partial charge in [0, 0.05) is 24.7 Å². The lowest BCUT2D eigenvalue weighted by molar-refractivity contribution is 0.0519. The van der Waals surface area contributed by atoms with Crippen molar-refractivity contribution in [1.29, 1.82) is 0 Å². The van der Waals surface area contributed by atoms with Gasteiger partial charge in [-0.1, -0.05) is 6.92 Å². The number of piperidine rings is 1. The predicted octanol–water partition coefficient (Wildman–Crippen LogP) is 2.75. The van der Waals surface area contributed by atoms with Crippen LogP contribution in [0.15, 0.2) is 0 Å². The Labute approximate surface area is 136 Å². The van der Waals surface area contributed by atoms with Gasteiger partial charge in [0.25, 0.3) is 0 Å². The minimum Gasteiger partial charge on any atom is -0.444 e. The summed E-state index contributed by atoms with van der Waals surface area (Å²) in [6.07, 6.45) is 3.03. The first kappa shape index (κ1) is 19.2. The van der Waals surface area contributed by atoms with Gasteiger partial charge in [-0.3, -0.25) is 0 Å². The summed E-state index contributed by atoms with van der Waals surface area (Å²) in [6, 6.07) is 1.50. The summed E-state index contributed by atoms with van der Waals surface area (Å²) in [5.41, 5.74) is -0.442. The molecular formula is C17H35N3O2. The lowest BCUT2D eigenvalue weighted by Crippen LogP contribution is -2.50. The molecule has 0 saturated carbocycles. The summed E-state index contributed by atoms with van der Waals surface area (Å²) < 4.78 is 5.28. The molecule has 2 N–H and O–H groups in total. The quantitative estimate of drug-likeness (QED) is 0.792. The van der Waals surface area contributed by atoms with Gasteiger partial charge in [-0.25, -0.2) is 4.79 Å². The molecule has 0 aromatic rings. The van der Waals surface area contributed by atoms with Crippen molar-refractivity contribution in [2.24, 2.45) is 0 Å². The van der Waals surface area contributed by atoms with Gasteiger partial charge >= 0.3 is 6.09 Å². The molecule has 0 aliphatic carbocycles. The van der Waals surface area contributed by atoms with Gasteiger partial charge < -0.3 is 20.3 Å².